The van der Waals surface area contributed by atoms with Crippen LogP contribution in [0.4, 0.5) is 22.0 Å². The monoisotopic (exact) mass is 693 g/mol. The van der Waals surface area contributed by atoms with Crippen molar-refractivity contribution in [3.8, 4) is 39.5 Å². The Kier molecular flexibility index (Phi) is 8.19. The number of aryl methyl sites for hydroxylation is 1. The maximum atomic E-state index is 16.1. The number of halogens is 5. The lowest BCUT2D eigenvalue weighted by atomic mass is 9.96. The number of H-pyrrole nitrogens is 1. The van der Waals surface area contributed by atoms with Crippen molar-refractivity contribution in [1.82, 2.24) is 34.9 Å². The molecule has 2 N–H and O–H groups in total. The number of carbonyl (C=O) groups excluding carboxylic acids is 1. The molecule has 2 aromatic carbocycles. The number of hydrogen-bond acceptors (Lipinski definition) is 7. The van der Waals surface area contributed by atoms with E-state index in [9.17, 15) is 22.4 Å². The summed E-state index contributed by atoms with van der Waals surface area (Å²) in [6.07, 6.45) is -2.26. The third-order valence-electron chi connectivity index (χ3n) is 8.35. The van der Waals surface area contributed by atoms with E-state index in [0.29, 0.717) is 27.2 Å². The molecule has 15 heteroatoms. The van der Waals surface area contributed by atoms with Crippen LogP contribution in [0.25, 0.3) is 54.9 Å². The average molecular weight is 694 g/mol. The first-order valence-corrected chi connectivity index (χ1v) is 16.0. The van der Waals surface area contributed by atoms with E-state index in [1.807, 2.05) is 41.3 Å². The molecule has 1 fully saturated rings. The van der Waals surface area contributed by atoms with Gasteiger partial charge in [-0.25, -0.2) is 18.7 Å². The van der Waals surface area contributed by atoms with Crippen LogP contribution >= 0.6 is 11.3 Å². The number of rotatable bonds is 9. The second kappa shape index (κ2) is 12.4. The number of imidazole rings is 1. The second-order valence-corrected chi connectivity index (χ2v) is 12.8. The van der Waals surface area contributed by atoms with Gasteiger partial charge in [0.2, 0.25) is 5.91 Å². The number of aromatic nitrogens is 5. The highest BCUT2D eigenvalue weighted by molar-refractivity contribution is 7.18. The number of aromatic amines is 1. The molecule has 7 rings (SSSR count). The summed E-state index contributed by atoms with van der Waals surface area (Å²) < 4.78 is 78.2. The van der Waals surface area contributed by atoms with E-state index in [0.717, 1.165) is 39.7 Å². The Hall–Kier alpha value is -5.15. The minimum atomic E-state index is -4.39. The molecule has 1 amide bonds. The smallest absolute Gasteiger partial charge is 0.401 e. The first-order chi connectivity index (χ1) is 23.4. The van der Waals surface area contributed by atoms with E-state index in [2.05, 4.69) is 27.1 Å². The zero-order valence-corrected chi connectivity index (χ0v) is 26.9. The van der Waals surface area contributed by atoms with Gasteiger partial charge in [-0.15, -0.1) is 11.3 Å². The van der Waals surface area contributed by atoms with Gasteiger partial charge in [-0.3, -0.25) is 14.8 Å². The molecule has 4 aromatic heterocycles. The molecule has 0 radical (unpaired) electrons. The molecule has 6 aromatic rings. The van der Waals surface area contributed by atoms with Gasteiger partial charge in [0, 0.05) is 53.5 Å². The summed E-state index contributed by atoms with van der Waals surface area (Å²) >= 11 is 1.31. The van der Waals surface area contributed by atoms with Gasteiger partial charge in [0.1, 0.15) is 34.9 Å². The van der Waals surface area contributed by atoms with Gasteiger partial charge in [-0.1, -0.05) is 12.6 Å². The standard InChI is InChI=1S/C34H28F5N7O2S/c1-4-28(47)41-17(2)23-12-25(44-43-23)32-30(29-22(36)10-19(35)11-27(29)48-20-13-46(14-20)15-34(37,38)39)33-21(7-8-49-33)31(42-32)18-5-6-26-24(9-18)40-16-45(26)3/h4-12,16-17,20H,1,13-15H2,2-3H3,(H,41,47)(H,43,44)/t17-/m1/s1. The maximum absolute atomic E-state index is 16.1. The molecule has 252 valence electrons. The topological polar surface area (TPSA) is 101 Å². The molecular formula is C34H28F5N7O2S. The van der Waals surface area contributed by atoms with Crippen molar-refractivity contribution >= 4 is 38.4 Å². The summed E-state index contributed by atoms with van der Waals surface area (Å²) in [5.74, 6) is -2.41. The fourth-order valence-corrected chi connectivity index (χ4v) is 6.97. The van der Waals surface area contributed by atoms with Crippen LogP contribution in [-0.4, -0.2) is 67.5 Å². The number of likely N-dealkylation sites (tertiary alicyclic amines) is 1. The minimum Gasteiger partial charge on any atom is -0.487 e. The number of thiophene rings is 1. The summed E-state index contributed by atoms with van der Waals surface area (Å²) in [5.41, 5.74) is 4.18. The Balaban J connectivity index is 1.40. The number of amides is 1. The number of hydrogen-bond donors (Lipinski definition) is 2. The van der Waals surface area contributed by atoms with Crippen LogP contribution in [0.2, 0.25) is 0 Å². The van der Waals surface area contributed by atoms with Crippen LogP contribution in [0.3, 0.4) is 0 Å². The number of nitrogens with one attached hydrogen (secondary N) is 2. The molecule has 0 unspecified atom stereocenters. The molecule has 9 nitrogen and oxygen atoms in total. The van der Waals surface area contributed by atoms with Gasteiger partial charge < -0.3 is 14.6 Å². The Morgan fingerprint density at radius 1 is 1.16 bits per heavy atom. The van der Waals surface area contributed by atoms with Gasteiger partial charge in [0.15, 0.2) is 0 Å². The number of pyridine rings is 1. The Labute approximate surface area is 280 Å². The highest BCUT2D eigenvalue weighted by atomic mass is 32.1. The predicted molar refractivity (Wildman–Crippen MR) is 176 cm³/mol. The summed E-state index contributed by atoms with van der Waals surface area (Å²) in [7, 11) is 1.89. The van der Waals surface area contributed by atoms with Crippen molar-refractivity contribution in [2.45, 2.75) is 25.2 Å². The van der Waals surface area contributed by atoms with E-state index in [1.54, 1.807) is 19.3 Å². The van der Waals surface area contributed by atoms with Crippen LogP contribution in [0.5, 0.6) is 5.75 Å². The quantitative estimate of drug-likeness (QED) is 0.123. The van der Waals surface area contributed by atoms with E-state index in [-0.39, 0.29) is 35.7 Å². The molecule has 0 spiro atoms. The number of ether oxygens (including phenoxy) is 1. The Morgan fingerprint density at radius 3 is 2.71 bits per heavy atom. The maximum Gasteiger partial charge on any atom is 0.401 e. The van der Waals surface area contributed by atoms with E-state index in [1.165, 1.54) is 11.3 Å². The lowest BCUT2D eigenvalue weighted by Crippen LogP contribution is -2.56. The zero-order chi connectivity index (χ0) is 34.6. The number of carbonyl (C=O) groups is 1. The van der Waals surface area contributed by atoms with Crippen LogP contribution in [0.1, 0.15) is 18.7 Å². The van der Waals surface area contributed by atoms with Crippen molar-refractivity contribution in [1.29, 1.82) is 0 Å². The van der Waals surface area contributed by atoms with Gasteiger partial charge in [0.25, 0.3) is 0 Å². The number of alkyl halides is 3. The van der Waals surface area contributed by atoms with E-state index < -0.39 is 42.4 Å². The predicted octanol–water partition coefficient (Wildman–Crippen LogP) is 7.17. The van der Waals surface area contributed by atoms with Crippen LogP contribution in [0.15, 0.2) is 66.8 Å². The number of benzene rings is 2. The summed E-state index contributed by atoms with van der Waals surface area (Å²) in [6.45, 7) is 3.98. The summed E-state index contributed by atoms with van der Waals surface area (Å²) in [5, 5.41) is 12.7. The highest BCUT2D eigenvalue weighted by Gasteiger charge is 2.39. The fraction of sp³-hybridized carbons (Fsp3) is 0.235. The molecule has 0 aliphatic carbocycles. The molecule has 5 heterocycles. The molecule has 1 saturated heterocycles. The first kappa shape index (κ1) is 32.4. The summed E-state index contributed by atoms with van der Waals surface area (Å²) in [4.78, 5) is 22.7. The molecule has 0 saturated carbocycles. The van der Waals surface area contributed by atoms with E-state index >= 15 is 4.39 Å². The van der Waals surface area contributed by atoms with Crippen molar-refractivity contribution in [3.05, 3.63) is 84.2 Å². The Bertz CT molecular complexity index is 2240. The average Bonchev–Trinajstić information content (AvgIpc) is 3.79. The van der Waals surface area contributed by atoms with Crippen LogP contribution in [0, 0.1) is 11.6 Å². The molecule has 49 heavy (non-hydrogen) atoms. The third kappa shape index (κ3) is 6.26. The molecule has 1 atom stereocenters. The van der Waals surface area contributed by atoms with Gasteiger partial charge in [0.05, 0.1) is 46.9 Å². The largest absolute Gasteiger partial charge is 0.487 e. The second-order valence-electron chi connectivity index (χ2n) is 11.9. The van der Waals surface area contributed by atoms with Crippen molar-refractivity contribution in [2.24, 2.45) is 7.05 Å². The third-order valence-corrected chi connectivity index (χ3v) is 9.28. The lowest BCUT2D eigenvalue weighted by Gasteiger charge is -2.39. The van der Waals surface area contributed by atoms with Gasteiger partial charge >= 0.3 is 6.18 Å². The summed E-state index contributed by atoms with van der Waals surface area (Å²) in [6, 6.07) is 10.5. The fourth-order valence-electron chi connectivity index (χ4n) is 6.02. The number of fused-ring (bicyclic) bond motifs is 2. The lowest BCUT2D eigenvalue weighted by molar-refractivity contribution is -0.162. The molecule has 1 aliphatic rings. The number of nitrogens with zero attached hydrogens (tertiary/aromatic N) is 5. The van der Waals surface area contributed by atoms with Gasteiger partial charge in [-0.2, -0.15) is 18.3 Å². The van der Waals surface area contributed by atoms with E-state index in [4.69, 9.17) is 9.72 Å². The molecule has 0 bridgehead atoms. The van der Waals surface area contributed by atoms with Crippen LogP contribution < -0.4 is 10.1 Å². The molecule has 1 aliphatic heterocycles. The van der Waals surface area contributed by atoms with Crippen LogP contribution in [-0.2, 0) is 11.8 Å². The van der Waals surface area contributed by atoms with Crippen molar-refractivity contribution in [3.63, 3.8) is 0 Å². The molecular weight excluding hydrogens is 665 g/mol. The van der Waals surface area contributed by atoms with Gasteiger partial charge in [-0.05, 0) is 42.6 Å². The highest BCUT2D eigenvalue weighted by Crippen LogP contribution is 2.47. The minimum absolute atomic E-state index is 0.0669. The zero-order valence-electron chi connectivity index (χ0n) is 26.1. The van der Waals surface area contributed by atoms with Crippen molar-refractivity contribution < 1.29 is 31.5 Å². The normalized spacial score (nSPS) is 14.7. The SMILES string of the molecule is C=CC(=O)N[C@H](C)c1cc(-c2nc(-c3ccc4c(c3)ncn4C)c3ccsc3c2-c2c(F)cc(F)cc2OC2CN(CC(F)(F)F)C2)n[nH]1. The Morgan fingerprint density at radius 2 is 1.96 bits per heavy atom. The first-order valence-electron chi connectivity index (χ1n) is 15.1. The van der Waals surface area contributed by atoms with Crippen molar-refractivity contribution in [2.75, 3.05) is 19.6 Å².